The summed E-state index contributed by atoms with van der Waals surface area (Å²) in [4.78, 5) is 24.0. The Morgan fingerprint density at radius 3 is 2.46 bits per heavy atom. The molecule has 1 N–H and O–H groups in total. The van der Waals surface area contributed by atoms with Crippen LogP contribution in [0.15, 0.2) is 24.3 Å². The zero-order valence-corrected chi connectivity index (χ0v) is 16.4. The minimum atomic E-state index is -0.611. The number of hydrogen-bond acceptors (Lipinski definition) is 5. The second kappa shape index (κ2) is 10.0. The number of nitrogens with zero attached hydrogens (tertiary/aromatic N) is 1. The summed E-state index contributed by atoms with van der Waals surface area (Å²) in [5, 5.41) is 7.33. The molecule has 6 nitrogen and oxygen atoms in total. The Kier molecular flexibility index (Phi) is 8.68. The molecule has 2 atom stereocenters. The molecule has 0 aliphatic carbocycles. The third kappa shape index (κ3) is 6.68. The maximum Gasteiger partial charge on any atom is 1.00 e. The minimum absolute atomic E-state index is 0. The van der Waals surface area contributed by atoms with E-state index in [-0.39, 0.29) is 36.8 Å². The van der Waals surface area contributed by atoms with E-state index in [9.17, 15) is 9.59 Å². The molecule has 0 bridgehead atoms. The molecule has 0 spiro atoms. The van der Waals surface area contributed by atoms with Gasteiger partial charge in [-0.3, -0.25) is 9.59 Å². The molecule has 1 saturated heterocycles. The molecule has 26 heavy (non-hydrogen) atoms. The Balaban J connectivity index is 0.00000338. The molecule has 138 valence electrons. The van der Waals surface area contributed by atoms with Crippen molar-refractivity contribution in [3.05, 3.63) is 35.1 Å². The van der Waals surface area contributed by atoms with Gasteiger partial charge in [-0.2, -0.15) is 0 Å². The number of ether oxygens (including phenoxy) is 2. The molecule has 7 heteroatoms. The minimum Gasteiger partial charge on any atom is -0.591 e. The smallest absolute Gasteiger partial charge is 0.591 e. The van der Waals surface area contributed by atoms with E-state index < -0.39 is 11.7 Å². The first-order valence-corrected chi connectivity index (χ1v) is 8.75. The third-order valence-corrected chi connectivity index (χ3v) is 3.91. The van der Waals surface area contributed by atoms with Crippen LogP contribution in [-0.4, -0.2) is 30.8 Å². The van der Waals surface area contributed by atoms with E-state index in [4.69, 9.17) is 9.47 Å². The molecule has 0 unspecified atom stereocenters. The standard InChI is InChI=1S/C19H28N2O4.Li/c1-5-24-17(22)15-7-6-12-20-16(15)13-8-10-14(11-9-13)21-18(23)25-19(2,3)4;/h8-11,15-16,20H,5-7,12H2,1-4H3,(H,21,23);/q;+1/p-1/t15-,16-;/m0./s1. The van der Waals surface area contributed by atoms with Crippen molar-refractivity contribution in [2.24, 2.45) is 5.92 Å². The average molecular weight is 354 g/mol. The van der Waals surface area contributed by atoms with Crippen LogP contribution in [0.5, 0.6) is 0 Å². The van der Waals surface area contributed by atoms with Gasteiger partial charge in [0.1, 0.15) is 5.60 Å². The molecule has 1 aromatic carbocycles. The van der Waals surface area contributed by atoms with Gasteiger partial charge in [0.2, 0.25) is 6.09 Å². The fourth-order valence-electron chi connectivity index (χ4n) is 2.89. The normalized spacial score (nSPS) is 19.8. The summed E-state index contributed by atoms with van der Waals surface area (Å²) in [6.07, 6.45) is 1.15. The van der Waals surface area contributed by atoms with Gasteiger partial charge in [0.25, 0.3) is 0 Å². The van der Waals surface area contributed by atoms with E-state index in [1.165, 1.54) is 0 Å². The number of esters is 1. The number of amides is 1. The third-order valence-electron chi connectivity index (χ3n) is 3.91. The number of rotatable bonds is 4. The van der Waals surface area contributed by atoms with Crippen molar-refractivity contribution in [1.82, 2.24) is 5.32 Å². The van der Waals surface area contributed by atoms with Crippen LogP contribution in [0, 0.1) is 5.92 Å². The largest absolute Gasteiger partial charge is 1.00 e. The van der Waals surface area contributed by atoms with Crippen LogP contribution < -0.4 is 24.2 Å². The van der Waals surface area contributed by atoms with Gasteiger partial charge in [0.05, 0.1) is 12.5 Å². The molecule has 0 saturated carbocycles. The summed E-state index contributed by atoms with van der Waals surface area (Å²) in [5.74, 6) is -0.357. The van der Waals surface area contributed by atoms with E-state index >= 15 is 0 Å². The maximum atomic E-state index is 12.2. The average Bonchev–Trinajstić information content (AvgIpc) is 2.54. The first-order valence-electron chi connectivity index (χ1n) is 8.75. The number of benzene rings is 1. The summed E-state index contributed by atoms with van der Waals surface area (Å²) in [5.41, 5.74) is 0.946. The van der Waals surface area contributed by atoms with Gasteiger partial charge >= 0.3 is 24.8 Å². The fourth-order valence-corrected chi connectivity index (χ4v) is 2.89. The van der Waals surface area contributed by atoms with Crippen molar-refractivity contribution < 1.29 is 37.9 Å². The summed E-state index contributed by atoms with van der Waals surface area (Å²) in [7, 11) is 0. The van der Waals surface area contributed by atoms with E-state index in [1.54, 1.807) is 32.9 Å². The molecule has 2 rings (SSSR count). The Bertz CT molecular complexity index is 599. The van der Waals surface area contributed by atoms with Gasteiger partial charge in [-0.05, 0) is 52.6 Å². The second-order valence-corrected chi connectivity index (χ2v) is 7.12. The maximum absolute atomic E-state index is 12.2. The van der Waals surface area contributed by atoms with Gasteiger partial charge in [0, 0.05) is 6.04 Å². The Hall–Kier alpha value is -1.48. The number of piperidine rings is 1. The number of hydrogen-bond donors (Lipinski definition) is 1. The van der Waals surface area contributed by atoms with Gasteiger partial charge in [-0.1, -0.05) is 24.3 Å². The molecule has 1 aromatic rings. The molecular formula is C19H27LiN2O4. The summed E-state index contributed by atoms with van der Waals surface area (Å²) < 4.78 is 10.4. The Morgan fingerprint density at radius 1 is 1.23 bits per heavy atom. The molecule has 1 aliphatic heterocycles. The van der Waals surface area contributed by atoms with Crippen LogP contribution >= 0.6 is 0 Å². The van der Waals surface area contributed by atoms with E-state index in [1.807, 2.05) is 19.1 Å². The van der Waals surface area contributed by atoms with Crippen LogP contribution in [0.25, 0.3) is 5.32 Å². The van der Waals surface area contributed by atoms with Crippen LogP contribution in [0.4, 0.5) is 10.5 Å². The van der Waals surface area contributed by atoms with Crippen LogP contribution in [0.1, 0.15) is 52.1 Å². The second-order valence-electron chi connectivity index (χ2n) is 7.12. The molecule has 1 heterocycles. The van der Waals surface area contributed by atoms with Crippen molar-refractivity contribution >= 4 is 17.7 Å². The number of carbonyl (C=O) groups is 2. The predicted octanol–water partition coefficient (Wildman–Crippen LogP) is 1.23. The molecule has 1 aliphatic rings. The summed E-state index contributed by atoms with van der Waals surface area (Å²) in [6.45, 7) is 8.46. The van der Waals surface area contributed by atoms with Crippen molar-refractivity contribution in [2.45, 2.75) is 52.2 Å². The first kappa shape index (κ1) is 22.6. The molecule has 0 radical (unpaired) electrons. The van der Waals surface area contributed by atoms with Gasteiger partial charge < -0.3 is 20.1 Å². The number of carbonyl (C=O) groups excluding carboxylic acids is 2. The summed E-state index contributed by atoms with van der Waals surface area (Å²) in [6, 6.07) is 7.22. The van der Waals surface area contributed by atoms with Gasteiger partial charge in [0.15, 0.2) is 0 Å². The zero-order valence-electron chi connectivity index (χ0n) is 16.4. The molecule has 1 amide bonds. The zero-order chi connectivity index (χ0) is 18.4. The topological polar surface area (TPSA) is 78.7 Å². The van der Waals surface area contributed by atoms with E-state index in [2.05, 4.69) is 10.6 Å². The SMILES string of the molecule is CCOC(=O)[C@H]1CCCN[C@H]1c1ccc([N-]C(=O)OC(C)(C)C)cc1.[Li+]. The van der Waals surface area contributed by atoms with Crippen molar-refractivity contribution in [1.29, 1.82) is 0 Å². The Morgan fingerprint density at radius 2 is 1.88 bits per heavy atom. The van der Waals surface area contributed by atoms with Crippen molar-refractivity contribution in [2.75, 3.05) is 13.2 Å². The molecular weight excluding hydrogens is 327 g/mol. The van der Waals surface area contributed by atoms with Gasteiger partial charge in [-0.25, -0.2) is 0 Å². The van der Waals surface area contributed by atoms with Crippen LogP contribution in [0.2, 0.25) is 0 Å². The number of nitrogens with one attached hydrogen (secondary N) is 1. The van der Waals surface area contributed by atoms with E-state index in [0.717, 1.165) is 24.9 Å². The van der Waals surface area contributed by atoms with Gasteiger partial charge in [-0.15, -0.1) is 5.69 Å². The van der Waals surface area contributed by atoms with Crippen LogP contribution in [0.3, 0.4) is 0 Å². The first-order chi connectivity index (χ1) is 11.8. The monoisotopic (exact) mass is 354 g/mol. The molecule has 0 aromatic heterocycles. The van der Waals surface area contributed by atoms with E-state index in [0.29, 0.717) is 12.3 Å². The summed E-state index contributed by atoms with van der Waals surface area (Å²) >= 11 is 0. The van der Waals surface area contributed by atoms with Crippen molar-refractivity contribution in [3.63, 3.8) is 0 Å². The van der Waals surface area contributed by atoms with Crippen LogP contribution in [-0.2, 0) is 14.3 Å². The predicted molar refractivity (Wildman–Crippen MR) is 95.8 cm³/mol. The van der Waals surface area contributed by atoms with Crippen molar-refractivity contribution in [3.8, 4) is 0 Å². The Labute approximate surface area is 167 Å². The fraction of sp³-hybridized carbons (Fsp3) is 0.579. The molecule has 1 fully saturated rings. The quantitative estimate of drug-likeness (QED) is 0.650.